The van der Waals surface area contributed by atoms with Crippen LogP contribution in [0.25, 0.3) is 0 Å². The largest absolute Gasteiger partial charge is 0.347 e. The summed E-state index contributed by atoms with van der Waals surface area (Å²) >= 11 is 0. The average Bonchev–Trinajstić information content (AvgIpc) is 3.35. The van der Waals surface area contributed by atoms with Gasteiger partial charge < -0.3 is 10.2 Å². The van der Waals surface area contributed by atoms with E-state index in [1.54, 1.807) is 41.6 Å². The number of nitrogens with one attached hydrogen (secondary N) is 2. The maximum atomic E-state index is 13.0. The van der Waals surface area contributed by atoms with E-state index in [9.17, 15) is 9.59 Å². The molecular formula is C20H20N6O2. The van der Waals surface area contributed by atoms with E-state index in [4.69, 9.17) is 0 Å². The molecule has 3 heterocycles. The molecule has 28 heavy (non-hydrogen) atoms. The number of rotatable bonds is 4. The van der Waals surface area contributed by atoms with Crippen LogP contribution in [-0.2, 0) is 0 Å². The predicted octanol–water partition coefficient (Wildman–Crippen LogP) is 1.89. The minimum atomic E-state index is -0.321. The van der Waals surface area contributed by atoms with Crippen LogP contribution in [0.5, 0.6) is 0 Å². The molecule has 3 aromatic rings. The number of likely N-dealkylation sites (tertiary alicyclic amines) is 1. The summed E-state index contributed by atoms with van der Waals surface area (Å²) in [6.07, 6.45) is 3.71. The molecule has 0 unspecified atom stereocenters. The smallest absolute Gasteiger partial charge is 0.256 e. The van der Waals surface area contributed by atoms with E-state index in [0.717, 1.165) is 0 Å². The Bertz CT molecular complexity index is 973. The molecule has 4 rings (SSSR count). The van der Waals surface area contributed by atoms with Crippen LogP contribution in [0.1, 0.15) is 44.8 Å². The van der Waals surface area contributed by atoms with E-state index in [2.05, 4.69) is 25.5 Å². The van der Waals surface area contributed by atoms with Crippen molar-refractivity contribution in [3.8, 4) is 0 Å². The Labute approximate surface area is 162 Å². The van der Waals surface area contributed by atoms with E-state index in [-0.39, 0.29) is 23.9 Å². The van der Waals surface area contributed by atoms with Crippen molar-refractivity contribution in [1.82, 2.24) is 30.4 Å². The maximum Gasteiger partial charge on any atom is 0.256 e. The molecule has 8 nitrogen and oxygen atoms in total. The van der Waals surface area contributed by atoms with Gasteiger partial charge in [-0.25, -0.2) is 4.98 Å². The van der Waals surface area contributed by atoms with E-state index in [1.165, 1.54) is 0 Å². The van der Waals surface area contributed by atoms with Gasteiger partial charge in [-0.3, -0.25) is 19.7 Å². The lowest BCUT2D eigenvalue weighted by molar-refractivity contribution is 0.0724. The third-order valence-electron chi connectivity index (χ3n) is 4.75. The number of benzene rings is 1. The van der Waals surface area contributed by atoms with Crippen molar-refractivity contribution < 1.29 is 9.59 Å². The number of carbonyl (C=O) groups excluding carboxylic acids is 2. The summed E-state index contributed by atoms with van der Waals surface area (Å²) in [7, 11) is 0. The highest BCUT2D eigenvalue weighted by Gasteiger charge is 2.39. The minimum absolute atomic E-state index is 0.156. The number of hydrogen-bond acceptors (Lipinski definition) is 5. The number of carbonyl (C=O) groups is 2. The van der Waals surface area contributed by atoms with Crippen molar-refractivity contribution in [2.24, 2.45) is 0 Å². The standard InChI is InChI=1S/C20H20N6O2/c1-13-22-18(25-24-13)17-10-16(23-19(27)14-6-3-2-4-7-14)12-26(17)20(28)15-8-5-9-21-11-15/h2-9,11,16-17H,10,12H2,1H3,(H,23,27)(H,22,24,25)/t16-,17-/m0/s1. The second-order valence-corrected chi connectivity index (χ2v) is 6.77. The summed E-state index contributed by atoms with van der Waals surface area (Å²) in [5.41, 5.74) is 1.08. The molecule has 8 heteroatoms. The zero-order valence-electron chi connectivity index (χ0n) is 15.4. The predicted molar refractivity (Wildman–Crippen MR) is 101 cm³/mol. The molecule has 2 N–H and O–H groups in total. The number of nitrogens with zero attached hydrogens (tertiary/aromatic N) is 4. The van der Waals surface area contributed by atoms with Gasteiger partial charge in [0.15, 0.2) is 5.82 Å². The highest BCUT2D eigenvalue weighted by atomic mass is 16.2. The zero-order valence-corrected chi connectivity index (χ0v) is 15.4. The van der Waals surface area contributed by atoms with Gasteiger partial charge in [-0.15, -0.1) is 0 Å². The van der Waals surface area contributed by atoms with Crippen LogP contribution in [0.15, 0.2) is 54.9 Å². The topological polar surface area (TPSA) is 104 Å². The summed E-state index contributed by atoms with van der Waals surface area (Å²) < 4.78 is 0. The van der Waals surface area contributed by atoms with Crippen molar-refractivity contribution in [3.05, 3.63) is 77.6 Å². The number of aromatic amines is 1. The monoisotopic (exact) mass is 376 g/mol. The average molecular weight is 376 g/mol. The molecule has 1 fully saturated rings. The first-order valence-corrected chi connectivity index (χ1v) is 9.07. The Hall–Kier alpha value is -3.55. The molecule has 0 saturated carbocycles. The first-order chi connectivity index (χ1) is 13.6. The van der Waals surface area contributed by atoms with E-state index in [1.807, 2.05) is 25.1 Å². The van der Waals surface area contributed by atoms with Crippen molar-refractivity contribution in [1.29, 1.82) is 0 Å². The van der Waals surface area contributed by atoms with Gasteiger partial charge in [0.1, 0.15) is 5.82 Å². The lowest BCUT2D eigenvalue weighted by Gasteiger charge is -2.22. The summed E-state index contributed by atoms with van der Waals surface area (Å²) in [5, 5.41) is 10.1. The van der Waals surface area contributed by atoms with Crippen LogP contribution in [0.3, 0.4) is 0 Å². The maximum absolute atomic E-state index is 13.0. The molecule has 1 aliphatic heterocycles. The Balaban J connectivity index is 1.56. The summed E-state index contributed by atoms with van der Waals surface area (Å²) in [6, 6.07) is 12.0. The zero-order chi connectivity index (χ0) is 19.5. The van der Waals surface area contributed by atoms with Gasteiger partial charge in [0, 0.05) is 30.5 Å². The second-order valence-electron chi connectivity index (χ2n) is 6.77. The molecule has 142 valence electrons. The first kappa shape index (κ1) is 17.8. The van der Waals surface area contributed by atoms with Crippen LogP contribution in [0, 0.1) is 6.92 Å². The van der Waals surface area contributed by atoms with Crippen LogP contribution in [0.4, 0.5) is 0 Å². The Kier molecular flexibility index (Phi) is 4.84. The first-order valence-electron chi connectivity index (χ1n) is 9.07. The van der Waals surface area contributed by atoms with Crippen LogP contribution >= 0.6 is 0 Å². The fraction of sp³-hybridized carbons (Fsp3) is 0.250. The molecule has 0 radical (unpaired) electrons. The Morgan fingerprint density at radius 1 is 1.14 bits per heavy atom. The molecule has 1 saturated heterocycles. The summed E-state index contributed by atoms with van der Waals surface area (Å²) in [5.74, 6) is 0.912. The SMILES string of the molecule is Cc1nc([C@@H]2C[C@H](NC(=O)c3ccccc3)CN2C(=O)c2cccnc2)n[nH]1. The van der Waals surface area contributed by atoms with Gasteiger partial charge in [-0.2, -0.15) is 5.10 Å². The molecule has 0 spiro atoms. The highest BCUT2D eigenvalue weighted by molar-refractivity contribution is 5.95. The van der Waals surface area contributed by atoms with E-state index in [0.29, 0.717) is 35.7 Å². The number of aryl methyl sites for hydroxylation is 1. The molecule has 1 aromatic carbocycles. The van der Waals surface area contributed by atoms with Crippen molar-refractivity contribution in [3.63, 3.8) is 0 Å². The Morgan fingerprint density at radius 2 is 1.93 bits per heavy atom. The quantitative estimate of drug-likeness (QED) is 0.724. The molecule has 1 aliphatic rings. The number of H-pyrrole nitrogens is 1. The molecule has 2 aromatic heterocycles. The third-order valence-corrected chi connectivity index (χ3v) is 4.75. The van der Waals surface area contributed by atoms with Gasteiger partial charge in [-0.05, 0) is 37.6 Å². The van der Waals surface area contributed by atoms with Gasteiger partial charge in [0.25, 0.3) is 11.8 Å². The number of aromatic nitrogens is 4. The normalized spacial score (nSPS) is 18.8. The van der Waals surface area contributed by atoms with Crippen molar-refractivity contribution in [2.45, 2.75) is 25.4 Å². The van der Waals surface area contributed by atoms with Gasteiger partial charge in [-0.1, -0.05) is 18.2 Å². The third kappa shape index (κ3) is 3.62. The Morgan fingerprint density at radius 3 is 2.61 bits per heavy atom. The molecule has 2 amide bonds. The summed E-state index contributed by atoms with van der Waals surface area (Å²) in [6.45, 7) is 2.19. The minimum Gasteiger partial charge on any atom is -0.347 e. The van der Waals surface area contributed by atoms with Crippen LogP contribution in [-0.4, -0.2) is 49.5 Å². The van der Waals surface area contributed by atoms with Gasteiger partial charge in [0.2, 0.25) is 0 Å². The van der Waals surface area contributed by atoms with Gasteiger partial charge in [0.05, 0.1) is 11.6 Å². The van der Waals surface area contributed by atoms with Gasteiger partial charge >= 0.3 is 0 Å². The van der Waals surface area contributed by atoms with E-state index < -0.39 is 0 Å². The lowest BCUT2D eigenvalue weighted by atomic mass is 10.1. The fourth-order valence-corrected chi connectivity index (χ4v) is 3.43. The highest BCUT2D eigenvalue weighted by Crippen LogP contribution is 2.31. The number of amides is 2. The number of hydrogen-bond donors (Lipinski definition) is 2. The van der Waals surface area contributed by atoms with Crippen LogP contribution in [0.2, 0.25) is 0 Å². The molecular weight excluding hydrogens is 356 g/mol. The van der Waals surface area contributed by atoms with Crippen LogP contribution < -0.4 is 5.32 Å². The number of pyridine rings is 1. The van der Waals surface area contributed by atoms with Crippen molar-refractivity contribution >= 4 is 11.8 Å². The molecule has 0 aliphatic carbocycles. The second kappa shape index (κ2) is 7.59. The lowest BCUT2D eigenvalue weighted by Crippen LogP contribution is -2.38. The van der Waals surface area contributed by atoms with E-state index >= 15 is 0 Å². The summed E-state index contributed by atoms with van der Waals surface area (Å²) in [4.78, 5) is 35.7. The molecule has 0 bridgehead atoms. The van der Waals surface area contributed by atoms with Crippen molar-refractivity contribution in [2.75, 3.05) is 6.54 Å². The molecule has 2 atom stereocenters. The fourth-order valence-electron chi connectivity index (χ4n) is 3.43.